The van der Waals surface area contributed by atoms with Crippen LogP contribution in [0, 0.1) is 12.3 Å². The van der Waals surface area contributed by atoms with Gasteiger partial charge < -0.3 is 0 Å². The van der Waals surface area contributed by atoms with E-state index in [4.69, 9.17) is 6.42 Å². The summed E-state index contributed by atoms with van der Waals surface area (Å²) in [7, 11) is 0. The van der Waals surface area contributed by atoms with Crippen LogP contribution in [0.5, 0.6) is 0 Å². The quantitative estimate of drug-likeness (QED) is 0.371. The molecule has 0 saturated carbocycles. The van der Waals surface area contributed by atoms with E-state index in [1.807, 2.05) is 0 Å². The Kier molecular flexibility index (Phi) is 3.35. The van der Waals surface area contributed by atoms with Crippen LogP contribution < -0.4 is 0 Å². The van der Waals surface area contributed by atoms with Crippen LogP contribution in [0.2, 0.25) is 0 Å². The molecular formula is C8H8. The standard InChI is InChI=1S/C8H8/c1-4-7-8(5-2)6-3/h1,5-7H,2-3H2. The highest BCUT2D eigenvalue weighted by molar-refractivity contribution is 5.33. The van der Waals surface area contributed by atoms with Gasteiger partial charge in [0.05, 0.1) is 0 Å². The van der Waals surface area contributed by atoms with Gasteiger partial charge in [-0.1, -0.05) is 31.2 Å². The van der Waals surface area contributed by atoms with Gasteiger partial charge in [0.15, 0.2) is 0 Å². The van der Waals surface area contributed by atoms with Gasteiger partial charge in [0.25, 0.3) is 0 Å². The second-order valence-corrected chi connectivity index (χ2v) is 1.22. The molecule has 0 unspecified atom stereocenters. The fourth-order valence-electron chi connectivity index (χ4n) is 0.297. The highest BCUT2D eigenvalue weighted by atomic mass is 13.8. The fraction of sp³-hybridized carbons (Fsp3) is 0. The van der Waals surface area contributed by atoms with E-state index in [1.54, 1.807) is 18.2 Å². The van der Waals surface area contributed by atoms with Gasteiger partial charge in [-0.3, -0.25) is 0 Å². The second-order valence-electron chi connectivity index (χ2n) is 1.22. The number of hydrogen-bond acceptors (Lipinski definition) is 0. The van der Waals surface area contributed by atoms with Crippen molar-refractivity contribution < 1.29 is 0 Å². The highest BCUT2D eigenvalue weighted by Crippen LogP contribution is 1.92. The molecule has 0 aromatic rings. The zero-order valence-corrected chi connectivity index (χ0v) is 4.72. The zero-order valence-electron chi connectivity index (χ0n) is 4.72. The maximum atomic E-state index is 4.96. The van der Waals surface area contributed by atoms with Gasteiger partial charge in [-0.25, -0.2) is 0 Å². The molecule has 0 aromatic carbocycles. The first-order chi connectivity index (χ1) is 3.85. The van der Waals surface area contributed by atoms with E-state index < -0.39 is 0 Å². The molecule has 0 bridgehead atoms. The molecule has 0 N–H and O–H groups in total. The van der Waals surface area contributed by atoms with Crippen molar-refractivity contribution >= 4 is 0 Å². The van der Waals surface area contributed by atoms with Crippen LogP contribution in [0.15, 0.2) is 37.0 Å². The summed E-state index contributed by atoms with van der Waals surface area (Å²) in [5.74, 6) is 2.37. The predicted octanol–water partition coefficient (Wildman–Crippen LogP) is 1.92. The van der Waals surface area contributed by atoms with Crippen LogP contribution in [0.3, 0.4) is 0 Å². The van der Waals surface area contributed by atoms with E-state index in [0.29, 0.717) is 0 Å². The van der Waals surface area contributed by atoms with Gasteiger partial charge in [-0.2, -0.15) is 0 Å². The van der Waals surface area contributed by atoms with Crippen molar-refractivity contribution in [2.24, 2.45) is 0 Å². The normalized spacial score (nSPS) is 6.38. The lowest BCUT2D eigenvalue weighted by molar-refractivity contribution is 1.76. The molecule has 0 aliphatic carbocycles. The van der Waals surface area contributed by atoms with E-state index in [2.05, 4.69) is 19.1 Å². The summed E-state index contributed by atoms with van der Waals surface area (Å²) in [6.45, 7) is 7.03. The molecular weight excluding hydrogens is 96.1 g/mol. The van der Waals surface area contributed by atoms with Gasteiger partial charge in [0.2, 0.25) is 0 Å². The third-order valence-electron chi connectivity index (χ3n) is 0.721. The summed E-state index contributed by atoms with van der Waals surface area (Å²) in [6, 6.07) is 0. The SMILES string of the molecule is C#CC=C(C=C)C=C. The Labute approximate surface area is 50.2 Å². The molecule has 0 atom stereocenters. The van der Waals surface area contributed by atoms with E-state index in [0.717, 1.165) is 5.57 Å². The molecule has 0 spiro atoms. The second kappa shape index (κ2) is 3.95. The minimum atomic E-state index is 0.882. The van der Waals surface area contributed by atoms with Gasteiger partial charge in [0, 0.05) is 0 Å². The molecule has 8 heavy (non-hydrogen) atoms. The maximum absolute atomic E-state index is 4.96. The molecule has 0 saturated heterocycles. The summed E-state index contributed by atoms with van der Waals surface area (Å²) in [5.41, 5.74) is 0.882. The van der Waals surface area contributed by atoms with Crippen molar-refractivity contribution in [3.8, 4) is 12.3 Å². The molecule has 0 fully saturated rings. The molecule has 0 nitrogen and oxygen atoms in total. The van der Waals surface area contributed by atoms with Crippen molar-refractivity contribution in [1.82, 2.24) is 0 Å². The monoisotopic (exact) mass is 104 g/mol. The van der Waals surface area contributed by atoms with Crippen LogP contribution in [-0.2, 0) is 0 Å². The molecule has 0 aromatic heterocycles. The lowest BCUT2D eigenvalue weighted by atomic mass is 10.2. The largest absolute Gasteiger partial charge is 0.115 e. The molecule has 0 aliphatic rings. The van der Waals surface area contributed by atoms with Gasteiger partial charge in [-0.15, -0.1) is 6.42 Å². The van der Waals surface area contributed by atoms with Crippen molar-refractivity contribution in [2.45, 2.75) is 0 Å². The predicted molar refractivity (Wildman–Crippen MR) is 37.3 cm³/mol. The number of hydrogen-bond donors (Lipinski definition) is 0. The molecule has 0 aliphatic heterocycles. The molecule has 0 heteroatoms. The Morgan fingerprint density at radius 1 is 1.38 bits per heavy atom. The van der Waals surface area contributed by atoms with Crippen LogP contribution in [0.1, 0.15) is 0 Å². The summed E-state index contributed by atoms with van der Waals surface area (Å²) in [6.07, 6.45) is 9.89. The van der Waals surface area contributed by atoms with Crippen molar-refractivity contribution in [1.29, 1.82) is 0 Å². The van der Waals surface area contributed by atoms with E-state index in [9.17, 15) is 0 Å². The molecule has 0 rings (SSSR count). The number of allylic oxidation sites excluding steroid dienone is 4. The minimum Gasteiger partial charge on any atom is -0.115 e. The summed E-state index contributed by atoms with van der Waals surface area (Å²) in [4.78, 5) is 0. The first-order valence-corrected chi connectivity index (χ1v) is 2.26. The van der Waals surface area contributed by atoms with Gasteiger partial charge in [0.1, 0.15) is 0 Å². The molecule has 0 heterocycles. The van der Waals surface area contributed by atoms with Gasteiger partial charge >= 0.3 is 0 Å². The summed E-state index contributed by atoms with van der Waals surface area (Å²) < 4.78 is 0. The van der Waals surface area contributed by atoms with Crippen LogP contribution >= 0.6 is 0 Å². The highest BCUT2D eigenvalue weighted by Gasteiger charge is 1.74. The van der Waals surface area contributed by atoms with E-state index >= 15 is 0 Å². The molecule has 0 radical (unpaired) electrons. The first-order valence-electron chi connectivity index (χ1n) is 2.26. The Bertz CT molecular complexity index is 143. The molecule has 0 amide bonds. The Morgan fingerprint density at radius 2 is 1.88 bits per heavy atom. The van der Waals surface area contributed by atoms with Crippen molar-refractivity contribution in [2.75, 3.05) is 0 Å². The Balaban J connectivity index is 4.12. The lowest BCUT2D eigenvalue weighted by Gasteiger charge is -1.81. The topological polar surface area (TPSA) is 0 Å². The first kappa shape index (κ1) is 6.78. The smallest absolute Gasteiger partial charge is 0.00494 e. The average molecular weight is 104 g/mol. The third-order valence-corrected chi connectivity index (χ3v) is 0.721. The maximum Gasteiger partial charge on any atom is -0.00494 e. The Hall–Kier alpha value is -1.22. The van der Waals surface area contributed by atoms with Crippen LogP contribution in [0.4, 0.5) is 0 Å². The van der Waals surface area contributed by atoms with Crippen molar-refractivity contribution in [3.05, 3.63) is 37.0 Å². The third kappa shape index (κ3) is 2.04. The summed E-state index contributed by atoms with van der Waals surface area (Å²) >= 11 is 0. The van der Waals surface area contributed by atoms with E-state index in [1.165, 1.54) is 0 Å². The molecule has 40 valence electrons. The zero-order chi connectivity index (χ0) is 6.41. The number of rotatable bonds is 2. The van der Waals surface area contributed by atoms with Crippen LogP contribution in [0.25, 0.3) is 0 Å². The van der Waals surface area contributed by atoms with Crippen LogP contribution in [-0.4, -0.2) is 0 Å². The average Bonchev–Trinajstić information content (AvgIpc) is 1.83. The number of terminal acetylenes is 1. The van der Waals surface area contributed by atoms with Gasteiger partial charge in [-0.05, 0) is 11.6 Å². The Morgan fingerprint density at radius 3 is 2.00 bits per heavy atom. The minimum absolute atomic E-state index is 0.882. The van der Waals surface area contributed by atoms with Crippen molar-refractivity contribution in [3.63, 3.8) is 0 Å². The lowest BCUT2D eigenvalue weighted by Crippen LogP contribution is -1.63. The fourth-order valence-corrected chi connectivity index (χ4v) is 0.297. The summed E-state index contributed by atoms with van der Waals surface area (Å²) in [5, 5.41) is 0. The van der Waals surface area contributed by atoms with E-state index in [-0.39, 0.29) is 0 Å².